The van der Waals surface area contributed by atoms with Crippen molar-refractivity contribution in [2.75, 3.05) is 24.7 Å². The maximum atomic E-state index is 10.4. The van der Waals surface area contributed by atoms with E-state index in [1.807, 2.05) is 30.3 Å². The highest BCUT2D eigenvalue weighted by Gasteiger charge is 2.44. The molecule has 8 heteroatoms. The topological polar surface area (TPSA) is 103 Å². The summed E-state index contributed by atoms with van der Waals surface area (Å²) in [6.45, 7) is 1.44. The number of hydrogen-bond acceptors (Lipinski definition) is 7. The Hall–Kier alpha value is -1.87. The van der Waals surface area contributed by atoms with E-state index in [1.54, 1.807) is 12.1 Å². The molecule has 29 heavy (non-hydrogen) atoms. The largest absolute Gasteiger partial charge is 0.490 e. The summed E-state index contributed by atoms with van der Waals surface area (Å²) in [7, 11) is 0. The van der Waals surface area contributed by atoms with Crippen LogP contribution in [-0.4, -0.2) is 64.6 Å². The van der Waals surface area contributed by atoms with Crippen molar-refractivity contribution in [2.24, 2.45) is 0 Å². The van der Waals surface area contributed by atoms with Crippen molar-refractivity contribution < 1.29 is 29.9 Å². The number of aliphatic hydroxyl groups is 4. The van der Waals surface area contributed by atoms with Crippen molar-refractivity contribution in [3.8, 4) is 5.75 Å². The summed E-state index contributed by atoms with van der Waals surface area (Å²) in [5, 5.41) is 40.5. The average Bonchev–Trinajstić information content (AvgIpc) is 2.72. The summed E-state index contributed by atoms with van der Waals surface area (Å²) >= 11 is 6.09. The highest BCUT2D eigenvalue weighted by Crippen LogP contribution is 2.39. The number of aliphatic hydroxyl groups excluding tert-OH is 4. The van der Waals surface area contributed by atoms with Crippen molar-refractivity contribution in [2.45, 2.75) is 37.1 Å². The first kappa shape index (κ1) is 20.4. The highest BCUT2D eigenvalue weighted by atomic mass is 35.5. The molecule has 1 saturated heterocycles. The fourth-order valence-electron chi connectivity index (χ4n) is 3.87. The van der Waals surface area contributed by atoms with Gasteiger partial charge in [-0.15, -0.1) is 0 Å². The molecule has 156 valence electrons. The molecule has 2 aromatic rings. The third-order valence-corrected chi connectivity index (χ3v) is 5.66. The Morgan fingerprint density at radius 2 is 1.86 bits per heavy atom. The second-order valence-electron chi connectivity index (χ2n) is 7.38. The van der Waals surface area contributed by atoms with Gasteiger partial charge < -0.3 is 34.8 Å². The number of hydrogen-bond donors (Lipinski definition) is 4. The Morgan fingerprint density at radius 1 is 1.03 bits per heavy atom. The molecule has 0 saturated carbocycles. The molecule has 0 aliphatic carbocycles. The van der Waals surface area contributed by atoms with Crippen molar-refractivity contribution >= 4 is 17.3 Å². The van der Waals surface area contributed by atoms with Crippen LogP contribution in [0.4, 0.5) is 5.69 Å². The maximum Gasteiger partial charge on any atom is 0.143 e. The second kappa shape index (κ2) is 8.47. The van der Waals surface area contributed by atoms with Crippen LogP contribution >= 0.6 is 11.6 Å². The molecule has 0 bridgehead atoms. The van der Waals surface area contributed by atoms with Crippen LogP contribution in [0.5, 0.6) is 5.75 Å². The number of halogens is 1. The summed E-state index contributed by atoms with van der Waals surface area (Å²) in [5.74, 6) is 0.646. The van der Waals surface area contributed by atoms with Gasteiger partial charge in [0.25, 0.3) is 0 Å². The molecule has 4 rings (SSSR count). The smallest absolute Gasteiger partial charge is 0.143 e. The van der Waals surface area contributed by atoms with E-state index in [9.17, 15) is 20.4 Å². The van der Waals surface area contributed by atoms with E-state index in [0.717, 1.165) is 17.8 Å². The molecule has 7 nitrogen and oxygen atoms in total. The summed E-state index contributed by atoms with van der Waals surface area (Å²) in [6.07, 6.45) is -5.95. The van der Waals surface area contributed by atoms with E-state index >= 15 is 0 Å². The number of fused-ring (bicyclic) bond motifs is 1. The molecule has 2 aliphatic rings. The van der Waals surface area contributed by atoms with Gasteiger partial charge in [0.15, 0.2) is 0 Å². The normalized spacial score (nSPS) is 29.3. The van der Waals surface area contributed by atoms with E-state index < -0.39 is 37.1 Å². The minimum atomic E-state index is -1.41. The van der Waals surface area contributed by atoms with Crippen LogP contribution < -0.4 is 9.64 Å². The molecule has 0 unspecified atom stereocenters. The summed E-state index contributed by atoms with van der Waals surface area (Å²) in [6, 6.07) is 13.2. The predicted octanol–water partition coefficient (Wildman–Crippen LogP) is 1.25. The van der Waals surface area contributed by atoms with Gasteiger partial charge >= 0.3 is 0 Å². The number of benzene rings is 2. The van der Waals surface area contributed by atoms with Gasteiger partial charge in [-0.05, 0) is 35.4 Å². The van der Waals surface area contributed by atoms with Gasteiger partial charge in [-0.2, -0.15) is 0 Å². The molecule has 2 aromatic carbocycles. The molecule has 0 aromatic heterocycles. The minimum absolute atomic E-state index is 0.462. The second-order valence-corrected chi connectivity index (χ2v) is 7.81. The molecule has 0 spiro atoms. The first-order valence-electron chi connectivity index (χ1n) is 9.54. The molecule has 0 radical (unpaired) electrons. The Bertz CT molecular complexity index is 863. The Labute approximate surface area is 173 Å². The fraction of sp³-hybridized carbons (Fsp3) is 0.429. The van der Waals surface area contributed by atoms with E-state index in [-0.39, 0.29) is 0 Å². The predicted molar refractivity (Wildman–Crippen MR) is 107 cm³/mol. The van der Waals surface area contributed by atoms with Gasteiger partial charge in [0.2, 0.25) is 0 Å². The SMILES string of the molecule is OC[C@H]1O[C@@H](c2ccc3c(c2)OCCN3Cc2cccc(Cl)c2)[C@H](O)[C@@H](O)[C@@H]1O. The number of anilines is 1. The Balaban J connectivity index is 1.58. The first-order chi connectivity index (χ1) is 14.0. The average molecular weight is 422 g/mol. The number of rotatable bonds is 4. The van der Waals surface area contributed by atoms with E-state index in [0.29, 0.717) is 29.5 Å². The van der Waals surface area contributed by atoms with Gasteiger partial charge in [0.05, 0.1) is 18.8 Å². The van der Waals surface area contributed by atoms with Gasteiger partial charge in [0, 0.05) is 11.6 Å². The van der Waals surface area contributed by atoms with Crippen molar-refractivity contribution in [3.63, 3.8) is 0 Å². The summed E-state index contributed by atoms with van der Waals surface area (Å²) in [4.78, 5) is 2.18. The van der Waals surface area contributed by atoms with Crippen LogP contribution in [0.3, 0.4) is 0 Å². The zero-order valence-electron chi connectivity index (χ0n) is 15.7. The number of ether oxygens (including phenoxy) is 2. The van der Waals surface area contributed by atoms with Gasteiger partial charge in [-0.3, -0.25) is 0 Å². The third kappa shape index (κ3) is 4.07. The first-order valence-corrected chi connectivity index (χ1v) is 9.92. The van der Waals surface area contributed by atoms with Crippen molar-refractivity contribution in [3.05, 3.63) is 58.6 Å². The lowest BCUT2D eigenvalue weighted by molar-refractivity contribution is -0.231. The highest BCUT2D eigenvalue weighted by molar-refractivity contribution is 6.30. The summed E-state index contributed by atoms with van der Waals surface area (Å²) < 4.78 is 11.5. The quantitative estimate of drug-likeness (QED) is 0.589. The molecule has 2 aliphatic heterocycles. The van der Waals surface area contributed by atoms with Crippen LogP contribution in [0.15, 0.2) is 42.5 Å². The fourth-order valence-corrected chi connectivity index (χ4v) is 4.08. The van der Waals surface area contributed by atoms with Crippen LogP contribution in [-0.2, 0) is 11.3 Å². The molecule has 5 atom stereocenters. The zero-order valence-corrected chi connectivity index (χ0v) is 16.4. The van der Waals surface area contributed by atoms with Crippen LogP contribution in [0.25, 0.3) is 0 Å². The van der Waals surface area contributed by atoms with Gasteiger partial charge in [-0.1, -0.05) is 29.8 Å². The number of nitrogens with zero attached hydrogens (tertiary/aromatic N) is 1. The Morgan fingerprint density at radius 3 is 2.62 bits per heavy atom. The third-order valence-electron chi connectivity index (χ3n) is 5.43. The Kier molecular flexibility index (Phi) is 5.96. The van der Waals surface area contributed by atoms with Crippen molar-refractivity contribution in [1.29, 1.82) is 0 Å². The van der Waals surface area contributed by atoms with Gasteiger partial charge in [-0.25, -0.2) is 0 Å². The van der Waals surface area contributed by atoms with Crippen LogP contribution in [0.1, 0.15) is 17.2 Å². The molecule has 2 heterocycles. The lowest BCUT2D eigenvalue weighted by Crippen LogP contribution is -2.55. The van der Waals surface area contributed by atoms with E-state index in [2.05, 4.69) is 4.90 Å². The zero-order chi connectivity index (χ0) is 20.5. The van der Waals surface area contributed by atoms with Crippen LogP contribution in [0, 0.1) is 0 Å². The van der Waals surface area contributed by atoms with Crippen LogP contribution in [0.2, 0.25) is 5.02 Å². The molecule has 4 N–H and O–H groups in total. The lowest BCUT2D eigenvalue weighted by Gasteiger charge is -2.40. The minimum Gasteiger partial charge on any atom is -0.490 e. The lowest BCUT2D eigenvalue weighted by atomic mass is 9.91. The maximum absolute atomic E-state index is 10.4. The van der Waals surface area contributed by atoms with E-state index in [4.69, 9.17) is 21.1 Å². The van der Waals surface area contributed by atoms with E-state index in [1.165, 1.54) is 0 Å². The molecular formula is C21H24ClNO6. The molecule has 0 amide bonds. The molecular weight excluding hydrogens is 398 g/mol. The van der Waals surface area contributed by atoms with Crippen molar-refractivity contribution in [1.82, 2.24) is 0 Å². The van der Waals surface area contributed by atoms with Gasteiger partial charge in [0.1, 0.15) is 42.9 Å². The standard InChI is InChI=1S/C21H24ClNO6/c22-14-3-1-2-12(8-14)10-23-6-7-28-16-9-13(4-5-15(16)23)21-20(27)19(26)18(25)17(11-24)29-21/h1-5,8-9,17-21,24-27H,6-7,10-11H2/t17-,18-,19+,20-,21+/m1/s1. The molecule has 1 fully saturated rings. The monoisotopic (exact) mass is 421 g/mol. The summed E-state index contributed by atoms with van der Waals surface area (Å²) in [5.41, 5.74) is 2.60.